The maximum atomic E-state index is 2.41. The predicted octanol–water partition coefficient (Wildman–Crippen LogP) is 35.2. The summed E-state index contributed by atoms with van der Waals surface area (Å²) in [7, 11) is 0. The Kier molecular flexibility index (Phi) is 21.7. The van der Waals surface area contributed by atoms with Gasteiger partial charge in [0.2, 0.25) is 0 Å². The van der Waals surface area contributed by atoms with Crippen molar-refractivity contribution in [2.45, 2.75) is 71.6 Å². The van der Waals surface area contributed by atoms with Crippen LogP contribution in [0.25, 0.3) is 155 Å². The summed E-state index contributed by atoms with van der Waals surface area (Å²) >= 11 is 0. The maximum Gasteiger partial charge on any atom is 0.0541 e. The highest BCUT2D eigenvalue weighted by Crippen LogP contribution is 2.52. The summed E-state index contributed by atoms with van der Waals surface area (Å²) in [4.78, 5) is 4.73. The average molecular weight is 1660 g/mol. The van der Waals surface area contributed by atoms with Gasteiger partial charge in [0, 0.05) is 72.5 Å². The second-order valence-corrected chi connectivity index (χ2v) is 35.1. The van der Waals surface area contributed by atoms with Crippen LogP contribution < -0.4 is 9.80 Å². The van der Waals surface area contributed by atoms with Gasteiger partial charge in [-0.3, -0.25) is 0 Å². The van der Waals surface area contributed by atoms with Gasteiger partial charge in [-0.05, 0) is 293 Å². The van der Waals surface area contributed by atoms with Crippen LogP contribution in [0.1, 0.15) is 88.5 Å². The van der Waals surface area contributed by atoms with Gasteiger partial charge in [0.1, 0.15) is 0 Å². The Morgan fingerprint density at radius 1 is 0.209 bits per heavy atom. The van der Waals surface area contributed by atoms with Crippen molar-refractivity contribution < 1.29 is 0 Å². The van der Waals surface area contributed by atoms with Crippen molar-refractivity contribution in [2.75, 3.05) is 9.80 Å². The van der Waals surface area contributed by atoms with E-state index in [1.54, 1.807) is 0 Å². The lowest BCUT2D eigenvalue weighted by molar-refractivity contribution is 0.660. The third-order valence-electron chi connectivity index (χ3n) is 27.1. The molecule has 0 N–H and O–H groups in total. The fourth-order valence-corrected chi connectivity index (χ4v) is 19.4. The maximum absolute atomic E-state index is 2.41. The van der Waals surface area contributed by atoms with E-state index in [1.807, 2.05) is 0 Å². The summed E-state index contributed by atoms with van der Waals surface area (Å²) in [6.45, 7) is 13.8. The third kappa shape index (κ3) is 15.6. The first-order chi connectivity index (χ1) is 63.4. The van der Waals surface area contributed by atoms with Crippen molar-refractivity contribution in [1.82, 2.24) is 9.13 Å². The molecule has 0 saturated heterocycles. The molecule has 21 aromatic rings. The first-order valence-corrected chi connectivity index (χ1v) is 45.5. The SMILES string of the molecule is CCC(C)c1ccc(-c2ccc(-c3ccc4c(c3)c3cc(-c5ccc(N(c6ccccc6)c6ccc(-c7ccccc7)cc6)cc5)ccc3n4-c3ccccc3)cc2)cc1.CCC(C)c1ccc(-c2ccc3c(c2)c2cc(-c4ccc(-c5ccc(N(c6ccc(-c7ccccc7)cc6)c6ccc7c(c6)C(C)(C)c6ccccc6-7)cc5)cc4)ccc2n3-c2ccccc2)cc1. The van der Waals surface area contributed by atoms with E-state index < -0.39 is 0 Å². The summed E-state index contributed by atoms with van der Waals surface area (Å²) in [6, 6.07) is 169. The lowest BCUT2D eigenvalue weighted by atomic mass is 9.82. The van der Waals surface area contributed by atoms with E-state index in [9.17, 15) is 0 Å². The summed E-state index contributed by atoms with van der Waals surface area (Å²) in [5.41, 5.74) is 41.3. The van der Waals surface area contributed by atoms with E-state index >= 15 is 0 Å². The van der Waals surface area contributed by atoms with Crippen LogP contribution in [-0.2, 0) is 5.41 Å². The van der Waals surface area contributed by atoms with Gasteiger partial charge >= 0.3 is 0 Å². The minimum absolute atomic E-state index is 0.1000. The molecule has 2 aromatic heterocycles. The molecule has 0 aliphatic heterocycles. The van der Waals surface area contributed by atoms with Crippen LogP contribution in [-0.4, -0.2) is 9.13 Å². The Morgan fingerprint density at radius 3 is 0.767 bits per heavy atom. The highest BCUT2D eigenvalue weighted by molar-refractivity contribution is 6.13. The minimum atomic E-state index is -0.1000. The first-order valence-electron chi connectivity index (χ1n) is 45.5. The predicted molar refractivity (Wildman–Crippen MR) is 549 cm³/mol. The van der Waals surface area contributed by atoms with E-state index in [-0.39, 0.29) is 5.41 Å². The molecule has 1 aliphatic rings. The molecule has 0 amide bonds. The number of hydrogen-bond acceptors (Lipinski definition) is 2. The van der Waals surface area contributed by atoms with Crippen LogP contribution in [0.3, 0.4) is 0 Å². The normalized spacial score (nSPS) is 12.5. The van der Waals surface area contributed by atoms with Crippen LogP contribution in [0.5, 0.6) is 0 Å². The largest absolute Gasteiger partial charge is 0.311 e. The fourth-order valence-electron chi connectivity index (χ4n) is 19.4. The molecule has 0 spiro atoms. The molecule has 620 valence electrons. The Labute approximate surface area is 757 Å². The van der Waals surface area contributed by atoms with Gasteiger partial charge < -0.3 is 18.9 Å². The molecule has 0 fully saturated rings. The zero-order chi connectivity index (χ0) is 87.1. The molecule has 0 saturated carbocycles. The first kappa shape index (κ1) is 80.5. The number of benzene rings is 19. The third-order valence-corrected chi connectivity index (χ3v) is 27.1. The second kappa shape index (κ2) is 34.7. The van der Waals surface area contributed by atoms with Gasteiger partial charge in [0.25, 0.3) is 0 Å². The molecule has 2 heterocycles. The van der Waals surface area contributed by atoms with Gasteiger partial charge in [-0.1, -0.05) is 357 Å². The number of fused-ring (bicyclic) bond motifs is 9. The van der Waals surface area contributed by atoms with Gasteiger partial charge in [0.05, 0.1) is 22.1 Å². The zero-order valence-electron chi connectivity index (χ0n) is 73.7. The zero-order valence-corrected chi connectivity index (χ0v) is 73.7. The van der Waals surface area contributed by atoms with Crippen LogP contribution in [0, 0.1) is 0 Å². The fraction of sp³-hybridized carbons (Fsp3) is 0.0880. The van der Waals surface area contributed by atoms with E-state index in [0.29, 0.717) is 11.8 Å². The highest BCUT2D eigenvalue weighted by Gasteiger charge is 2.36. The molecule has 4 nitrogen and oxygen atoms in total. The van der Waals surface area contributed by atoms with Crippen molar-refractivity contribution >= 4 is 77.7 Å². The lowest BCUT2D eigenvalue weighted by Crippen LogP contribution is -2.16. The van der Waals surface area contributed by atoms with E-state index in [0.717, 1.165) is 58.3 Å². The van der Waals surface area contributed by atoms with Gasteiger partial charge in [-0.15, -0.1) is 0 Å². The van der Waals surface area contributed by atoms with Gasteiger partial charge in [0.15, 0.2) is 0 Å². The number of nitrogens with zero attached hydrogens (tertiary/aromatic N) is 4. The van der Waals surface area contributed by atoms with Gasteiger partial charge in [-0.25, -0.2) is 0 Å². The number of anilines is 6. The Bertz CT molecular complexity index is 7570. The summed E-state index contributed by atoms with van der Waals surface area (Å²) in [6.07, 6.45) is 2.29. The van der Waals surface area contributed by atoms with E-state index in [2.05, 4.69) is 522 Å². The molecular formula is C125H100N4. The van der Waals surface area contributed by atoms with Crippen molar-refractivity contribution in [2.24, 2.45) is 0 Å². The van der Waals surface area contributed by atoms with Crippen LogP contribution in [0.2, 0.25) is 0 Å². The molecular weight excluding hydrogens is 1560 g/mol. The molecule has 2 atom stereocenters. The molecule has 2 unspecified atom stereocenters. The monoisotopic (exact) mass is 1660 g/mol. The van der Waals surface area contributed by atoms with E-state index in [4.69, 9.17) is 0 Å². The smallest absolute Gasteiger partial charge is 0.0541 e. The van der Waals surface area contributed by atoms with Crippen molar-refractivity contribution in [3.8, 4) is 112 Å². The Balaban J connectivity index is 0.000000158. The summed E-state index contributed by atoms with van der Waals surface area (Å²) < 4.78 is 4.80. The number of aromatic nitrogens is 2. The van der Waals surface area contributed by atoms with Crippen LogP contribution in [0.4, 0.5) is 34.1 Å². The molecule has 129 heavy (non-hydrogen) atoms. The quantitative estimate of drug-likeness (QED) is 0.0756. The number of para-hydroxylation sites is 3. The standard InChI is InChI=1S/C67H54N2.C58H46N2/c1-5-45(2)46-20-22-51(23-21-46)53-32-40-65-61(42-53)62-43-54(33-41-66(62)69(65)55-16-10-7-11-17-55)52-26-24-48(25-27-52)50-30-36-57(37-31-50)68(56-34-28-49(29-35-56)47-14-8-6-9-15-47)58-38-39-60-59-18-12-13-19-63(59)67(3,4)64(60)44-58;1-3-41(2)42-19-21-44(22-20-42)45-23-25-47(26-24-45)49-31-37-57-55(39-49)56-40-50(32-38-58(56)60(57)52-17-11-6-12-18-52)48-29-35-54(36-30-48)59(51-15-9-5-10-16-51)53-33-27-46(28-34-53)43-13-7-4-8-14-43/h6-45H,5H2,1-4H3;4-41H,3H2,1-2H3. The topological polar surface area (TPSA) is 16.3 Å². The lowest BCUT2D eigenvalue weighted by Gasteiger charge is -2.28. The Morgan fingerprint density at radius 2 is 0.442 bits per heavy atom. The van der Waals surface area contributed by atoms with Crippen molar-refractivity contribution in [3.63, 3.8) is 0 Å². The van der Waals surface area contributed by atoms with Crippen LogP contribution >= 0.6 is 0 Å². The minimum Gasteiger partial charge on any atom is -0.311 e. The average Bonchev–Trinajstić information content (AvgIpc) is 1.60. The molecule has 4 heteroatoms. The number of rotatable bonds is 20. The molecule has 0 bridgehead atoms. The van der Waals surface area contributed by atoms with Crippen LogP contribution in [0.15, 0.2) is 461 Å². The van der Waals surface area contributed by atoms with Crippen molar-refractivity contribution in [3.05, 3.63) is 483 Å². The molecule has 19 aromatic carbocycles. The Hall–Kier alpha value is -15.6. The molecule has 0 radical (unpaired) electrons. The molecule has 1 aliphatic carbocycles. The van der Waals surface area contributed by atoms with Gasteiger partial charge in [-0.2, -0.15) is 0 Å². The molecule has 22 rings (SSSR count). The second-order valence-electron chi connectivity index (χ2n) is 35.1. The highest BCUT2D eigenvalue weighted by atomic mass is 15.1. The summed E-state index contributed by atoms with van der Waals surface area (Å²) in [5.74, 6) is 1.13. The van der Waals surface area contributed by atoms with E-state index in [1.165, 1.54) is 166 Å². The summed E-state index contributed by atoms with van der Waals surface area (Å²) in [5, 5.41) is 4.98. The number of hydrogen-bond donors (Lipinski definition) is 0. The van der Waals surface area contributed by atoms with Crippen molar-refractivity contribution in [1.29, 1.82) is 0 Å².